The predicted octanol–water partition coefficient (Wildman–Crippen LogP) is 2.98. The molecule has 2 unspecified atom stereocenters. The lowest BCUT2D eigenvalue weighted by atomic mass is 9.55. The quantitative estimate of drug-likeness (QED) is 0.837. The molecule has 29 heavy (non-hydrogen) atoms. The van der Waals surface area contributed by atoms with Crippen LogP contribution in [0.4, 0.5) is 0 Å². The Labute approximate surface area is 172 Å². The van der Waals surface area contributed by atoms with Crippen LogP contribution in [0.1, 0.15) is 41.6 Å². The molecular formula is C24H30N2O3. The summed E-state index contributed by atoms with van der Waals surface area (Å²) in [5, 5.41) is 15.0. The van der Waals surface area contributed by atoms with Crippen LogP contribution in [0.5, 0.6) is 5.75 Å². The van der Waals surface area contributed by atoms with Crippen LogP contribution < -0.4 is 10.1 Å². The lowest BCUT2D eigenvalue weighted by Crippen LogP contribution is -2.66. The average molecular weight is 395 g/mol. The number of likely N-dealkylation sites (tertiary alicyclic amines) is 1. The first kappa shape index (κ1) is 19.9. The number of aliphatic hydroxyl groups is 1. The first-order valence-corrected chi connectivity index (χ1v) is 10.4. The van der Waals surface area contributed by atoms with Gasteiger partial charge in [0.1, 0.15) is 5.75 Å². The molecule has 1 saturated carbocycles. The maximum atomic E-state index is 12.7. The summed E-state index contributed by atoms with van der Waals surface area (Å²) in [6.07, 6.45) is 3.01. The van der Waals surface area contributed by atoms with Crippen LogP contribution in [-0.4, -0.2) is 54.8 Å². The van der Waals surface area contributed by atoms with E-state index in [-0.39, 0.29) is 11.9 Å². The highest BCUT2D eigenvalue weighted by atomic mass is 16.5. The summed E-state index contributed by atoms with van der Waals surface area (Å²) < 4.78 is 5.46. The summed E-state index contributed by atoms with van der Waals surface area (Å²) in [4.78, 5) is 15.0. The van der Waals surface area contributed by atoms with E-state index in [2.05, 4.69) is 29.4 Å². The fourth-order valence-corrected chi connectivity index (χ4v) is 5.27. The van der Waals surface area contributed by atoms with Crippen LogP contribution in [0, 0.1) is 0 Å². The summed E-state index contributed by atoms with van der Waals surface area (Å²) in [5.41, 5.74) is 0.555. The minimum absolute atomic E-state index is 0.0255. The van der Waals surface area contributed by atoms with Gasteiger partial charge in [-0.3, -0.25) is 4.79 Å². The second kappa shape index (κ2) is 7.81. The number of piperidine rings is 1. The van der Waals surface area contributed by atoms with E-state index in [9.17, 15) is 9.90 Å². The number of methoxy groups -OCH3 is 1. The van der Waals surface area contributed by atoms with Gasteiger partial charge in [-0.1, -0.05) is 30.3 Å². The van der Waals surface area contributed by atoms with Gasteiger partial charge in [-0.25, -0.2) is 0 Å². The summed E-state index contributed by atoms with van der Waals surface area (Å²) in [5.74, 6) is 0.753. The molecule has 1 amide bonds. The largest absolute Gasteiger partial charge is 0.497 e. The van der Waals surface area contributed by atoms with E-state index in [1.807, 2.05) is 42.5 Å². The van der Waals surface area contributed by atoms with Crippen molar-refractivity contribution in [1.82, 2.24) is 10.2 Å². The number of β-amino-alcohol motifs (C(OH)–C–C–N with tert-alkyl or cyclic N) is 1. The molecule has 2 fully saturated rings. The van der Waals surface area contributed by atoms with E-state index in [1.54, 1.807) is 7.11 Å². The van der Waals surface area contributed by atoms with Crippen molar-refractivity contribution in [2.75, 3.05) is 27.2 Å². The van der Waals surface area contributed by atoms with E-state index in [0.29, 0.717) is 18.5 Å². The Hall–Kier alpha value is -2.37. The van der Waals surface area contributed by atoms with Crippen LogP contribution in [0.2, 0.25) is 0 Å². The fraction of sp³-hybridized carbons (Fsp3) is 0.458. The van der Waals surface area contributed by atoms with Crippen molar-refractivity contribution in [3.05, 3.63) is 65.7 Å². The number of likely N-dealkylation sites (N-methyl/N-ethyl adjacent to an activating group) is 1. The summed E-state index contributed by atoms with van der Waals surface area (Å²) in [6, 6.07) is 17.4. The fourth-order valence-electron chi connectivity index (χ4n) is 5.27. The first-order chi connectivity index (χ1) is 14.0. The molecular weight excluding hydrogens is 364 g/mol. The first-order valence-electron chi connectivity index (χ1n) is 10.4. The Morgan fingerprint density at radius 3 is 2.72 bits per heavy atom. The van der Waals surface area contributed by atoms with Crippen molar-refractivity contribution < 1.29 is 14.6 Å². The zero-order chi connectivity index (χ0) is 20.5. The molecule has 1 heterocycles. The molecule has 1 aliphatic heterocycles. The molecule has 2 aromatic carbocycles. The number of rotatable bonds is 4. The number of ether oxygens (including phenoxy) is 1. The number of carbonyl (C=O) groups excluding carboxylic acids is 1. The Morgan fingerprint density at radius 2 is 1.97 bits per heavy atom. The molecule has 2 aliphatic rings. The minimum Gasteiger partial charge on any atom is -0.497 e. The molecule has 1 aliphatic carbocycles. The molecule has 2 aromatic rings. The van der Waals surface area contributed by atoms with E-state index in [1.165, 1.54) is 0 Å². The molecule has 1 saturated heterocycles. The van der Waals surface area contributed by atoms with E-state index in [0.717, 1.165) is 37.1 Å². The average Bonchev–Trinajstić information content (AvgIpc) is 2.74. The number of carbonyl (C=O) groups is 1. The maximum Gasteiger partial charge on any atom is 0.251 e. The smallest absolute Gasteiger partial charge is 0.251 e. The molecule has 0 radical (unpaired) electrons. The monoisotopic (exact) mass is 394 g/mol. The molecule has 154 valence electrons. The molecule has 4 rings (SSSR count). The van der Waals surface area contributed by atoms with Gasteiger partial charge >= 0.3 is 0 Å². The molecule has 0 bridgehead atoms. The van der Waals surface area contributed by atoms with Crippen molar-refractivity contribution in [2.45, 2.75) is 42.7 Å². The minimum atomic E-state index is -0.819. The zero-order valence-electron chi connectivity index (χ0n) is 17.2. The third-order valence-electron chi connectivity index (χ3n) is 6.84. The van der Waals surface area contributed by atoms with Crippen molar-refractivity contribution in [3.8, 4) is 5.75 Å². The highest BCUT2D eigenvalue weighted by molar-refractivity contribution is 5.94. The third-order valence-corrected chi connectivity index (χ3v) is 6.84. The Bertz CT molecular complexity index is 871. The number of fused-ring (bicyclic) bond motifs is 1. The van der Waals surface area contributed by atoms with Gasteiger partial charge in [0.2, 0.25) is 0 Å². The molecule has 3 atom stereocenters. The molecule has 5 nitrogen and oxygen atoms in total. The summed E-state index contributed by atoms with van der Waals surface area (Å²) >= 11 is 0. The number of amides is 1. The highest BCUT2D eigenvalue weighted by Crippen LogP contribution is 2.51. The predicted molar refractivity (Wildman–Crippen MR) is 113 cm³/mol. The summed E-state index contributed by atoms with van der Waals surface area (Å²) in [6.45, 7) is 1.56. The Morgan fingerprint density at radius 1 is 1.17 bits per heavy atom. The maximum absolute atomic E-state index is 12.7. The highest BCUT2D eigenvalue weighted by Gasteiger charge is 2.57. The lowest BCUT2D eigenvalue weighted by molar-refractivity contribution is -0.121. The van der Waals surface area contributed by atoms with E-state index < -0.39 is 11.0 Å². The number of hydrogen-bond donors (Lipinski definition) is 2. The van der Waals surface area contributed by atoms with Crippen molar-refractivity contribution in [3.63, 3.8) is 0 Å². The van der Waals surface area contributed by atoms with Crippen LogP contribution in [0.15, 0.2) is 54.6 Å². The van der Waals surface area contributed by atoms with Crippen LogP contribution in [0.25, 0.3) is 0 Å². The van der Waals surface area contributed by atoms with Crippen molar-refractivity contribution in [2.24, 2.45) is 0 Å². The second-order valence-corrected chi connectivity index (χ2v) is 8.61. The van der Waals surface area contributed by atoms with Crippen molar-refractivity contribution in [1.29, 1.82) is 0 Å². The van der Waals surface area contributed by atoms with Gasteiger partial charge < -0.3 is 20.1 Å². The van der Waals surface area contributed by atoms with Gasteiger partial charge in [0.25, 0.3) is 5.91 Å². The van der Waals surface area contributed by atoms with Gasteiger partial charge in [0, 0.05) is 23.6 Å². The van der Waals surface area contributed by atoms with Crippen LogP contribution in [-0.2, 0) is 5.41 Å². The Balaban J connectivity index is 1.65. The molecule has 2 N–H and O–H groups in total. The standard InChI is InChI=1S/C24H30N2O3/c1-26-14-13-23(19-9-6-10-21(15-19)29-2)16-20(11-12-24(23,28)17-26)25-22(27)18-7-4-3-5-8-18/h3-10,15,20,28H,11-14,16-17H2,1-2H3,(H,25,27)/t20-,23?,24?/m1/s1. The van der Waals surface area contributed by atoms with Gasteiger partial charge in [-0.15, -0.1) is 0 Å². The zero-order valence-corrected chi connectivity index (χ0v) is 17.2. The molecule has 0 spiro atoms. The van der Waals surface area contributed by atoms with Gasteiger partial charge in [0.15, 0.2) is 0 Å². The normalized spacial score (nSPS) is 29.7. The molecule has 5 heteroatoms. The summed E-state index contributed by atoms with van der Waals surface area (Å²) in [7, 11) is 3.73. The SMILES string of the molecule is COc1cccc(C23CCN(C)CC2(O)CC[C@@H](NC(=O)c2ccccc2)C3)c1. The number of hydrogen-bond acceptors (Lipinski definition) is 4. The van der Waals surface area contributed by atoms with Crippen molar-refractivity contribution >= 4 is 5.91 Å². The topological polar surface area (TPSA) is 61.8 Å². The van der Waals surface area contributed by atoms with Gasteiger partial charge in [0.05, 0.1) is 12.7 Å². The van der Waals surface area contributed by atoms with E-state index in [4.69, 9.17) is 4.74 Å². The van der Waals surface area contributed by atoms with Crippen LogP contribution >= 0.6 is 0 Å². The Kier molecular flexibility index (Phi) is 5.36. The number of benzene rings is 2. The third kappa shape index (κ3) is 3.65. The lowest BCUT2D eigenvalue weighted by Gasteiger charge is -2.57. The van der Waals surface area contributed by atoms with Gasteiger partial charge in [-0.2, -0.15) is 0 Å². The van der Waals surface area contributed by atoms with E-state index >= 15 is 0 Å². The van der Waals surface area contributed by atoms with Gasteiger partial charge in [-0.05, 0) is 69.1 Å². The van der Waals surface area contributed by atoms with Crippen LogP contribution in [0.3, 0.4) is 0 Å². The molecule has 0 aromatic heterocycles. The second-order valence-electron chi connectivity index (χ2n) is 8.61. The number of nitrogens with zero attached hydrogens (tertiary/aromatic N) is 1. The number of nitrogens with one attached hydrogen (secondary N) is 1.